The van der Waals surface area contributed by atoms with Crippen molar-refractivity contribution in [3.05, 3.63) is 24.3 Å². The van der Waals surface area contributed by atoms with Crippen molar-refractivity contribution >= 4 is 15.5 Å². The van der Waals surface area contributed by atoms with E-state index in [-0.39, 0.29) is 0 Å². The lowest BCUT2D eigenvalue weighted by atomic mass is 9.90. The minimum atomic E-state index is -3.19. The highest BCUT2D eigenvalue weighted by molar-refractivity contribution is 7.90. The summed E-state index contributed by atoms with van der Waals surface area (Å²) in [5, 5.41) is 3.50. The fraction of sp³-hybridized carbons (Fsp3) is 0.625. The number of hydrogen-bond acceptors (Lipinski definition) is 4. The van der Waals surface area contributed by atoms with Gasteiger partial charge in [-0.1, -0.05) is 19.1 Å². The Morgan fingerprint density at radius 1 is 1.19 bits per heavy atom. The molecule has 0 spiro atoms. The monoisotopic (exact) mass is 310 g/mol. The maximum Gasteiger partial charge on any atom is 0.177 e. The Kier molecular flexibility index (Phi) is 5.27. The third-order valence-electron chi connectivity index (χ3n) is 4.38. The Morgan fingerprint density at radius 2 is 1.81 bits per heavy atom. The molecule has 0 aliphatic heterocycles. The van der Waals surface area contributed by atoms with Crippen LogP contribution in [0.4, 0.5) is 5.69 Å². The van der Waals surface area contributed by atoms with E-state index in [1.165, 1.54) is 6.26 Å². The van der Waals surface area contributed by atoms with Gasteiger partial charge >= 0.3 is 0 Å². The van der Waals surface area contributed by atoms with Gasteiger partial charge in [0.15, 0.2) is 9.84 Å². The van der Waals surface area contributed by atoms with Crippen LogP contribution in [0.15, 0.2) is 29.2 Å². The van der Waals surface area contributed by atoms with Crippen molar-refractivity contribution in [2.75, 3.05) is 24.7 Å². The van der Waals surface area contributed by atoms with E-state index in [9.17, 15) is 8.42 Å². The number of nitrogens with zero attached hydrogens (tertiary/aromatic N) is 1. The lowest BCUT2D eigenvalue weighted by Crippen LogP contribution is -2.41. The molecule has 2 rings (SSSR count). The largest absolute Gasteiger partial charge is 0.371 e. The summed E-state index contributed by atoms with van der Waals surface area (Å²) < 4.78 is 23.9. The fourth-order valence-corrected chi connectivity index (χ4v) is 4.13. The lowest BCUT2D eigenvalue weighted by molar-refractivity contribution is 0.341. The van der Waals surface area contributed by atoms with Crippen molar-refractivity contribution in [2.45, 2.75) is 49.6 Å². The Balaban J connectivity index is 2.13. The van der Waals surface area contributed by atoms with Crippen LogP contribution in [0.25, 0.3) is 0 Å². The number of anilines is 1. The van der Waals surface area contributed by atoms with Crippen LogP contribution >= 0.6 is 0 Å². The molecule has 1 saturated carbocycles. The van der Waals surface area contributed by atoms with Crippen molar-refractivity contribution < 1.29 is 8.42 Å². The summed E-state index contributed by atoms with van der Waals surface area (Å²) in [5.74, 6) is 0. The molecule has 0 unspecified atom stereocenters. The Labute approximate surface area is 128 Å². The van der Waals surface area contributed by atoms with Gasteiger partial charge in [-0.2, -0.15) is 0 Å². The van der Waals surface area contributed by atoms with Crippen molar-refractivity contribution in [1.82, 2.24) is 5.32 Å². The zero-order valence-electron chi connectivity index (χ0n) is 13.2. The third-order valence-corrected chi connectivity index (χ3v) is 5.53. The predicted molar refractivity (Wildman–Crippen MR) is 87.7 cm³/mol. The molecule has 1 aromatic carbocycles. The standard InChI is InChI=1S/C16H26N2O2S/c1-4-17-13-9-11-14(12-10-13)18(2)15-7-5-6-8-16(15)21(3,19)20/h5-8,13-14,17H,4,9-12H2,1-3H3. The molecule has 21 heavy (non-hydrogen) atoms. The molecule has 0 amide bonds. The molecule has 5 heteroatoms. The average Bonchev–Trinajstić information content (AvgIpc) is 2.47. The second-order valence-corrected chi connectivity index (χ2v) is 7.90. The van der Waals surface area contributed by atoms with Gasteiger partial charge in [-0.05, 0) is 44.4 Å². The molecule has 4 nitrogen and oxygen atoms in total. The molecule has 1 aliphatic rings. The van der Waals surface area contributed by atoms with E-state index in [0.29, 0.717) is 17.0 Å². The quantitative estimate of drug-likeness (QED) is 0.907. The first-order valence-electron chi connectivity index (χ1n) is 7.68. The summed E-state index contributed by atoms with van der Waals surface area (Å²) in [6.07, 6.45) is 5.80. The highest BCUT2D eigenvalue weighted by atomic mass is 32.2. The average molecular weight is 310 g/mol. The molecule has 0 atom stereocenters. The molecular weight excluding hydrogens is 284 g/mol. The molecule has 1 fully saturated rings. The molecular formula is C16H26N2O2S. The van der Waals surface area contributed by atoms with Crippen LogP contribution in [0.1, 0.15) is 32.6 Å². The van der Waals surface area contributed by atoms with Crippen LogP contribution in [-0.2, 0) is 9.84 Å². The second-order valence-electron chi connectivity index (χ2n) is 5.91. The second kappa shape index (κ2) is 6.79. The fourth-order valence-electron chi connectivity index (χ4n) is 3.21. The zero-order chi connectivity index (χ0) is 15.5. The van der Waals surface area contributed by atoms with E-state index >= 15 is 0 Å². The van der Waals surface area contributed by atoms with Gasteiger partial charge in [0.05, 0.1) is 10.6 Å². The van der Waals surface area contributed by atoms with Gasteiger partial charge in [0.1, 0.15) is 0 Å². The van der Waals surface area contributed by atoms with Gasteiger partial charge in [0.25, 0.3) is 0 Å². The van der Waals surface area contributed by atoms with E-state index in [2.05, 4.69) is 17.1 Å². The Morgan fingerprint density at radius 3 is 2.38 bits per heavy atom. The number of rotatable bonds is 5. The number of nitrogens with one attached hydrogen (secondary N) is 1. The van der Waals surface area contributed by atoms with Crippen LogP contribution in [0.5, 0.6) is 0 Å². The minimum absolute atomic E-state index is 0.419. The molecule has 0 radical (unpaired) electrons. The highest BCUT2D eigenvalue weighted by Gasteiger charge is 2.26. The van der Waals surface area contributed by atoms with E-state index in [0.717, 1.165) is 37.9 Å². The van der Waals surface area contributed by atoms with E-state index in [1.54, 1.807) is 12.1 Å². The number of benzene rings is 1. The normalized spacial score (nSPS) is 23.0. The van der Waals surface area contributed by atoms with Gasteiger partial charge in [-0.3, -0.25) is 0 Å². The molecule has 0 heterocycles. The maximum atomic E-state index is 11.9. The first-order chi connectivity index (χ1) is 9.93. The van der Waals surface area contributed by atoms with Gasteiger partial charge in [0.2, 0.25) is 0 Å². The molecule has 1 aromatic rings. The molecule has 1 aliphatic carbocycles. The first kappa shape index (κ1) is 16.3. The maximum absolute atomic E-state index is 11.9. The molecule has 0 bridgehead atoms. The topological polar surface area (TPSA) is 49.4 Å². The molecule has 0 saturated heterocycles. The van der Waals surface area contributed by atoms with Gasteiger partial charge in [-0.25, -0.2) is 8.42 Å². The van der Waals surface area contributed by atoms with Crippen molar-refractivity contribution in [2.24, 2.45) is 0 Å². The zero-order valence-corrected chi connectivity index (χ0v) is 14.0. The summed E-state index contributed by atoms with van der Waals surface area (Å²) in [5.41, 5.74) is 0.826. The van der Waals surface area contributed by atoms with Crippen LogP contribution in [0.3, 0.4) is 0 Å². The predicted octanol–water partition coefficient (Wildman–Crippen LogP) is 2.45. The van der Waals surface area contributed by atoms with Gasteiger partial charge < -0.3 is 10.2 Å². The summed E-state index contributed by atoms with van der Waals surface area (Å²) in [6, 6.07) is 8.34. The van der Waals surface area contributed by atoms with Crippen molar-refractivity contribution in [1.29, 1.82) is 0 Å². The summed E-state index contributed by atoms with van der Waals surface area (Å²) in [4.78, 5) is 2.58. The van der Waals surface area contributed by atoms with Crippen molar-refractivity contribution in [3.8, 4) is 0 Å². The molecule has 0 aromatic heterocycles. The van der Waals surface area contributed by atoms with Crippen LogP contribution < -0.4 is 10.2 Å². The Bertz CT molecular complexity index is 563. The highest BCUT2D eigenvalue weighted by Crippen LogP contribution is 2.30. The van der Waals surface area contributed by atoms with E-state index < -0.39 is 9.84 Å². The molecule has 1 N–H and O–H groups in total. The van der Waals surface area contributed by atoms with Crippen LogP contribution in [0.2, 0.25) is 0 Å². The van der Waals surface area contributed by atoms with Crippen LogP contribution in [0, 0.1) is 0 Å². The van der Waals surface area contributed by atoms with Gasteiger partial charge in [-0.15, -0.1) is 0 Å². The minimum Gasteiger partial charge on any atom is -0.371 e. The number of para-hydroxylation sites is 1. The number of sulfone groups is 1. The number of hydrogen-bond donors (Lipinski definition) is 1. The van der Waals surface area contributed by atoms with Crippen molar-refractivity contribution in [3.63, 3.8) is 0 Å². The SMILES string of the molecule is CCNC1CCC(N(C)c2ccccc2S(C)(=O)=O)CC1. The van der Waals surface area contributed by atoms with E-state index in [1.807, 2.05) is 19.2 Å². The third kappa shape index (κ3) is 3.98. The van der Waals surface area contributed by atoms with E-state index in [4.69, 9.17) is 0 Å². The summed E-state index contributed by atoms with van der Waals surface area (Å²) >= 11 is 0. The van der Waals surface area contributed by atoms with Gasteiger partial charge in [0, 0.05) is 25.4 Å². The smallest absolute Gasteiger partial charge is 0.177 e. The van der Waals surface area contributed by atoms with Crippen LogP contribution in [-0.4, -0.2) is 40.3 Å². The lowest BCUT2D eigenvalue weighted by Gasteiger charge is -2.36. The Hall–Kier alpha value is -1.07. The molecule has 118 valence electrons. The summed E-state index contributed by atoms with van der Waals surface area (Å²) in [7, 11) is -1.17. The summed E-state index contributed by atoms with van der Waals surface area (Å²) in [6.45, 7) is 3.16. The first-order valence-corrected chi connectivity index (χ1v) is 9.58.